The summed E-state index contributed by atoms with van der Waals surface area (Å²) in [5.41, 5.74) is 2.91. The van der Waals surface area contributed by atoms with Crippen molar-refractivity contribution in [3.05, 3.63) is 35.4 Å². The molecule has 0 spiro atoms. The molecule has 2 nitrogen and oxygen atoms in total. The van der Waals surface area contributed by atoms with E-state index in [1.165, 1.54) is 11.1 Å². The van der Waals surface area contributed by atoms with Crippen LogP contribution in [0.15, 0.2) is 24.3 Å². The molecule has 0 saturated carbocycles. The molecule has 18 heavy (non-hydrogen) atoms. The zero-order valence-corrected chi connectivity index (χ0v) is 11.3. The van der Waals surface area contributed by atoms with E-state index in [0.29, 0.717) is 24.9 Å². The van der Waals surface area contributed by atoms with Gasteiger partial charge >= 0.3 is 5.97 Å². The standard InChI is InChI=1S/C16H22O2/c1-3-13-9-12(11-16(17)18-4-2)10-14-7-5-6-8-15(13)14/h5-8,12-13H,3-4,9-11H2,1-2H3. The van der Waals surface area contributed by atoms with E-state index >= 15 is 0 Å². The predicted octanol–water partition coefficient (Wildman–Crippen LogP) is 3.70. The quantitative estimate of drug-likeness (QED) is 0.757. The van der Waals surface area contributed by atoms with Gasteiger partial charge in [-0.2, -0.15) is 0 Å². The summed E-state index contributed by atoms with van der Waals surface area (Å²) in [6, 6.07) is 8.66. The topological polar surface area (TPSA) is 26.3 Å². The number of rotatable bonds is 4. The number of benzene rings is 1. The molecule has 0 aromatic heterocycles. The maximum Gasteiger partial charge on any atom is 0.306 e. The zero-order chi connectivity index (χ0) is 13.0. The predicted molar refractivity (Wildman–Crippen MR) is 72.5 cm³/mol. The maximum absolute atomic E-state index is 11.6. The molecule has 2 heteroatoms. The lowest BCUT2D eigenvalue weighted by atomic mass is 9.75. The third kappa shape index (κ3) is 2.92. The van der Waals surface area contributed by atoms with Crippen molar-refractivity contribution in [2.24, 2.45) is 5.92 Å². The second-order valence-corrected chi connectivity index (χ2v) is 5.12. The Hall–Kier alpha value is -1.31. The Labute approximate surface area is 109 Å². The van der Waals surface area contributed by atoms with Crippen molar-refractivity contribution in [1.82, 2.24) is 0 Å². The molecule has 2 rings (SSSR count). The molecule has 0 saturated heterocycles. The minimum absolute atomic E-state index is 0.0447. The van der Waals surface area contributed by atoms with Crippen LogP contribution in [0.5, 0.6) is 0 Å². The summed E-state index contributed by atoms with van der Waals surface area (Å²) in [6.45, 7) is 4.58. The fourth-order valence-electron chi connectivity index (χ4n) is 3.04. The molecule has 0 amide bonds. The molecule has 0 radical (unpaired) electrons. The van der Waals surface area contributed by atoms with Gasteiger partial charge in [-0.15, -0.1) is 0 Å². The minimum Gasteiger partial charge on any atom is -0.466 e. The average Bonchev–Trinajstić information content (AvgIpc) is 2.38. The highest BCUT2D eigenvalue weighted by atomic mass is 16.5. The Kier molecular flexibility index (Phi) is 4.40. The molecule has 0 fully saturated rings. The van der Waals surface area contributed by atoms with Crippen LogP contribution in [0.1, 0.15) is 50.2 Å². The summed E-state index contributed by atoms with van der Waals surface area (Å²) in [7, 11) is 0. The van der Waals surface area contributed by atoms with Crippen LogP contribution in [-0.4, -0.2) is 12.6 Å². The largest absolute Gasteiger partial charge is 0.466 e. The Bertz CT molecular complexity index is 411. The van der Waals surface area contributed by atoms with Crippen molar-refractivity contribution in [2.75, 3.05) is 6.61 Å². The van der Waals surface area contributed by atoms with Crippen LogP contribution < -0.4 is 0 Å². The molecule has 1 aromatic rings. The number of hydrogen-bond acceptors (Lipinski definition) is 2. The second-order valence-electron chi connectivity index (χ2n) is 5.12. The van der Waals surface area contributed by atoms with Gasteiger partial charge < -0.3 is 4.74 Å². The minimum atomic E-state index is -0.0447. The van der Waals surface area contributed by atoms with Crippen LogP contribution >= 0.6 is 0 Å². The lowest BCUT2D eigenvalue weighted by molar-refractivity contribution is -0.144. The Balaban J connectivity index is 2.08. The Morgan fingerprint density at radius 3 is 2.83 bits per heavy atom. The van der Waals surface area contributed by atoms with E-state index in [2.05, 4.69) is 31.2 Å². The lowest BCUT2D eigenvalue weighted by Gasteiger charge is -2.30. The first-order chi connectivity index (χ1) is 8.74. The van der Waals surface area contributed by atoms with Gasteiger partial charge in [-0.25, -0.2) is 0 Å². The SMILES string of the molecule is CCOC(=O)CC1Cc2ccccc2C(CC)C1. The van der Waals surface area contributed by atoms with Crippen molar-refractivity contribution in [1.29, 1.82) is 0 Å². The molecule has 98 valence electrons. The van der Waals surface area contributed by atoms with Crippen LogP contribution in [0.3, 0.4) is 0 Å². The molecule has 2 unspecified atom stereocenters. The molecular weight excluding hydrogens is 224 g/mol. The van der Waals surface area contributed by atoms with Gasteiger partial charge in [0.15, 0.2) is 0 Å². The van der Waals surface area contributed by atoms with Gasteiger partial charge in [0.25, 0.3) is 0 Å². The summed E-state index contributed by atoms with van der Waals surface area (Å²) in [4.78, 5) is 11.6. The third-order valence-corrected chi connectivity index (χ3v) is 3.87. The number of carbonyl (C=O) groups excluding carboxylic acids is 1. The normalized spacial score (nSPS) is 22.3. The van der Waals surface area contributed by atoms with Crippen LogP contribution in [0.4, 0.5) is 0 Å². The molecule has 0 aliphatic heterocycles. The molecule has 1 aromatic carbocycles. The van der Waals surface area contributed by atoms with E-state index in [0.717, 1.165) is 19.3 Å². The van der Waals surface area contributed by atoms with Crippen molar-refractivity contribution >= 4 is 5.97 Å². The van der Waals surface area contributed by atoms with Gasteiger partial charge in [0, 0.05) is 6.42 Å². The van der Waals surface area contributed by atoms with Gasteiger partial charge in [-0.1, -0.05) is 31.2 Å². The van der Waals surface area contributed by atoms with Gasteiger partial charge in [0.2, 0.25) is 0 Å². The van der Waals surface area contributed by atoms with Gasteiger partial charge in [-0.05, 0) is 49.1 Å². The molecule has 1 aliphatic rings. The first-order valence-corrected chi connectivity index (χ1v) is 6.98. The van der Waals surface area contributed by atoms with Crippen LogP contribution in [0.25, 0.3) is 0 Å². The third-order valence-electron chi connectivity index (χ3n) is 3.87. The van der Waals surface area contributed by atoms with Crippen molar-refractivity contribution in [3.63, 3.8) is 0 Å². The van der Waals surface area contributed by atoms with Crippen molar-refractivity contribution < 1.29 is 9.53 Å². The van der Waals surface area contributed by atoms with E-state index < -0.39 is 0 Å². The summed E-state index contributed by atoms with van der Waals surface area (Å²) in [5, 5.41) is 0. The number of fused-ring (bicyclic) bond motifs is 1. The first kappa shape index (κ1) is 13.1. The zero-order valence-electron chi connectivity index (χ0n) is 11.3. The van der Waals surface area contributed by atoms with E-state index in [-0.39, 0.29) is 5.97 Å². The highest BCUT2D eigenvalue weighted by Crippen LogP contribution is 2.38. The first-order valence-electron chi connectivity index (χ1n) is 6.98. The highest BCUT2D eigenvalue weighted by molar-refractivity contribution is 5.69. The van der Waals surface area contributed by atoms with E-state index in [1.807, 2.05) is 6.92 Å². The molecule has 0 heterocycles. The number of ether oxygens (including phenoxy) is 1. The average molecular weight is 246 g/mol. The fraction of sp³-hybridized carbons (Fsp3) is 0.562. The molecule has 2 atom stereocenters. The second kappa shape index (κ2) is 6.03. The highest BCUT2D eigenvalue weighted by Gasteiger charge is 2.27. The summed E-state index contributed by atoms with van der Waals surface area (Å²) >= 11 is 0. The van der Waals surface area contributed by atoms with Crippen LogP contribution in [0.2, 0.25) is 0 Å². The summed E-state index contributed by atoms with van der Waals surface area (Å²) in [6.07, 6.45) is 3.85. The van der Waals surface area contributed by atoms with Crippen molar-refractivity contribution in [3.8, 4) is 0 Å². The molecule has 0 bridgehead atoms. The van der Waals surface area contributed by atoms with Gasteiger partial charge in [0.05, 0.1) is 6.61 Å². The van der Waals surface area contributed by atoms with Crippen LogP contribution in [0, 0.1) is 5.92 Å². The molecule has 1 aliphatic carbocycles. The smallest absolute Gasteiger partial charge is 0.306 e. The fourth-order valence-corrected chi connectivity index (χ4v) is 3.04. The number of hydrogen-bond donors (Lipinski definition) is 0. The summed E-state index contributed by atoms with van der Waals surface area (Å²) < 4.78 is 5.06. The summed E-state index contributed by atoms with van der Waals surface area (Å²) in [5.74, 6) is 1.01. The monoisotopic (exact) mass is 246 g/mol. The Morgan fingerprint density at radius 1 is 1.33 bits per heavy atom. The molecular formula is C16H22O2. The van der Waals surface area contributed by atoms with E-state index in [1.54, 1.807) is 0 Å². The number of esters is 1. The van der Waals surface area contributed by atoms with Gasteiger partial charge in [-0.3, -0.25) is 4.79 Å². The lowest BCUT2D eigenvalue weighted by Crippen LogP contribution is -2.21. The van der Waals surface area contributed by atoms with E-state index in [9.17, 15) is 4.79 Å². The van der Waals surface area contributed by atoms with Crippen LogP contribution in [-0.2, 0) is 16.0 Å². The van der Waals surface area contributed by atoms with Gasteiger partial charge in [0.1, 0.15) is 0 Å². The maximum atomic E-state index is 11.6. The number of carbonyl (C=O) groups is 1. The molecule has 0 N–H and O–H groups in total. The Morgan fingerprint density at radius 2 is 2.11 bits per heavy atom. The van der Waals surface area contributed by atoms with E-state index in [4.69, 9.17) is 4.74 Å². The van der Waals surface area contributed by atoms with Crippen molar-refractivity contribution in [2.45, 2.75) is 45.4 Å².